The Kier molecular flexibility index (Phi) is 7.42. The van der Waals surface area contributed by atoms with Crippen LogP contribution < -0.4 is 0 Å². The molecule has 0 radical (unpaired) electrons. The van der Waals surface area contributed by atoms with Gasteiger partial charge in [0.05, 0.1) is 11.4 Å². The topological polar surface area (TPSA) is 12.9 Å². The molecule has 1 fully saturated rings. The van der Waals surface area contributed by atoms with Crippen molar-refractivity contribution >= 4 is 21.5 Å². The second kappa shape index (κ2) is 12.8. The zero-order valence-electron chi connectivity index (χ0n) is 30.7. The van der Waals surface area contributed by atoms with E-state index in [4.69, 9.17) is 4.98 Å². The van der Waals surface area contributed by atoms with E-state index in [0.29, 0.717) is 0 Å². The fourth-order valence-electron chi connectivity index (χ4n) is 9.92. The summed E-state index contributed by atoms with van der Waals surface area (Å²) in [4.78, 5) is 5.17. The molecule has 1 nitrogen and oxygen atoms in total. The standard InChI is InChI=1S/C54H39N/c1-4-15-36(16-5-1)50-23-14-24-51(55-50)41-27-30-45-47(34-41)53(38-19-8-3-9-20-38)44-29-26-39(33-46(44)52(45)37-17-6-2-7-18-37)40-25-28-43-42-21-10-11-22-48(42)54(49(43)35-40)31-12-13-32-54/h1-11,14-30,33-35H,12-13,31-32H2. The van der Waals surface area contributed by atoms with Gasteiger partial charge in [0.1, 0.15) is 0 Å². The zero-order valence-corrected chi connectivity index (χ0v) is 30.7. The predicted octanol–water partition coefficient (Wildman–Crippen LogP) is 14.6. The molecule has 1 aromatic heterocycles. The molecule has 1 spiro atoms. The number of pyridine rings is 1. The van der Waals surface area contributed by atoms with Gasteiger partial charge < -0.3 is 0 Å². The van der Waals surface area contributed by atoms with Gasteiger partial charge in [0.15, 0.2) is 0 Å². The van der Waals surface area contributed by atoms with Gasteiger partial charge in [-0.3, -0.25) is 0 Å². The summed E-state index contributed by atoms with van der Waals surface area (Å²) in [6.07, 6.45) is 5.05. The minimum Gasteiger partial charge on any atom is -0.248 e. The molecule has 8 aromatic carbocycles. The molecule has 1 heterocycles. The summed E-state index contributed by atoms with van der Waals surface area (Å²) in [5, 5.41) is 5.00. The average molecular weight is 702 g/mol. The molecular weight excluding hydrogens is 663 g/mol. The van der Waals surface area contributed by atoms with Crippen LogP contribution in [0.3, 0.4) is 0 Å². The Morgan fingerprint density at radius 1 is 0.327 bits per heavy atom. The van der Waals surface area contributed by atoms with Crippen molar-refractivity contribution in [3.63, 3.8) is 0 Å². The molecule has 9 aromatic rings. The highest BCUT2D eigenvalue weighted by Crippen LogP contribution is 2.57. The summed E-state index contributed by atoms with van der Waals surface area (Å²) in [6, 6.07) is 69.3. The molecule has 0 N–H and O–H groups in total. The van der Waals surface area contributed by atoms with Crippen LogP contribution in [0.25, 0.3) is 88.6 Å². The third-order valence-corrected chi connectivity index (χ3v) is 12.4. The van der Waals surface area contributed by atoms with E-state index in [1.165, 1.54) is 103 Å². The van der Waals surface area contributed by atoms with Crippen molar-refractivity contribution in [1.82, 2.24) is 4.98 Å². The number of aromatic nitrogens is 1. The first-order chi connectivity index (χ1) is 27.2. The van der Waals surface area contributed by atoms with E-state index in [2.05, 4.69) is 188 Å². The first-order valence-corrected chi connectivity index (χ1v) is 19.7. The van der Waals surface area contributed by atoms with Crippen LogP contribution in [0.5, 0.6) is 0 Å². The highest BCUT2D eigenvalue weighted by atomic mass is 14.7. The van der Waals surface area contributed by atoms with Crippen molar-refractivity contribution in [1.29, 1.82) is 0 Å². The molecule has 260 valence electrons. The lowest BCUT2D eigenvalue weighted by Crippen LogP contribution is -2.20. The second-order valence-corrected chi connectivity index (χ2v) is 15.4. The smallest absolute Gasteiger partial charge is 0.0709 e. The van der Waals surface area contributed by atoms with E-state index >= 15 is 0 Å². The molecule has 55 heavy (non-hydrogen) atoms. The molecule has 11 rings (SSSR count). The van der Waals surface area contributed by atoms with Gasteiger partial charge >= 0.3 is 0 Å². The van der Waals surface area contributed by atoms with Crippen molar-refractivity contribution in [2.75, 3.05) is 0 Å². The maximum Gasteiger partial charge on any atom is 0.0709 e. The molecule has 0 aliphatic heterocycles. The number of benzene rings is 8. The maximum atomic E-state index is 5.17. The molecule has 0 atom stereocenters. The molecule has 2 aliphatic carbocycles. The van der Waals surface area contributed by atoms with Crippen LogP contribution in [0.4, 0.5) is 0 Å². The molecule has 0 unspecified atom stereocenters. The van der Waals surface area contributed by atoms with Gasteiger partial charge in [-0.05, 0) is 120 Å². The van der Waals surface area contributed by atoms with Gasteiger partial charge in [-0.1, -0.05) is 171 Å². The monoisotopic (exact) mass is 701 g/mol. The zero-order chi connectivity index (χ0) is 36.3. The Morgan fingerprint density at radius 2 is 0.818 bits per heavy atom. The average Bonchev–Trinajstić information content (AvgIpc) is 3.87. The first kappa shape index (κ1) is 31.9. The van der Waals surface area contributed by atoms with Gasteiger partial charge in [0.2, 0.25) is 0 Å². The SMILES string of the molecule is c1ccc(-c2cccc(-c3ccc4c(-c5ccccc5)c5cc(-c6ccc7c(c6)C6(CCCC6)c6ccccc6-7)ccc5c(-c5ccccc5)c4c3)n2)cc1. The number of hydrogen-bond acceptors (Lipinski definition) is 1. The van der Waals surface area contributed by atoms with Gasteiger partial charge in [-0.2, -0.15) is 0 Å². The lowest BCUT2D eigenvalue weighted by molar-refractivity contribution is 0.550. The Morgan fingerprint density at radius 3 is 1.47 bits per heavy atom. The third kappa shape index (κ3) is 5.11. The molecule has 1 heteroatoms. The summed E-state index contributed by atoms with van der Waals surface area (Å²) in [5.74, 6) is 0. The van der Waals surface area contributed by atoms with Gasteiger partial charge in [-0.25, -0.2) is 4.98 Å². The summed E-state index contributed by atoms with van der Waals surface area (Å²) in [7, 11) is 0. The highest BCUT2D eigenvalue weighted by molar-refractivity contribution is 6.22. The Bertz CT molecular complexity index is 2900. The Labute approximate surface area is 322 Å². The highest BCUT2D eigenvalue weighted by Gasteiger charge is 2.44. The molecule has 0 saturated heterocycles. The van der Waals surface area contributed by atoms with Crippen LogP contribution in [-0.4, -0.2) is 4.98 Å². The van der Waals surface area contributed by atoms with Crippen LogP contribution in [-0.2, 0) is 5.41 Å². The van der Waals surface area contributed by atoms with E-state index in [0.717, 1.165) is 22.5 Å². The van der Waals surface area contributed by atoms with E-state index in [1.54, 1.807) is 0 Å². The van der Waals surface area contributed by atoms with E-state index in [1.807, 2.05) is 0 Å². The summed E-state index contributed by atoms with van der Waals surface area (Å²) in [5.41, 5.74) is 17.7. The lowest BCUT2D eigenvalue weighted by atomic mass is 9.76. The fourth-order valence-corrected chi connectivity index (χ4v) is 9.92. The molecule has 0 bridgehead atoms. The number of hydrogen-bond donors (Lipinski definition) is 0. The number of nitrogens with zero attached hydrogens (tertiary/aromatic N) is 1. The Balaban J connectivity index is 1.15. The van der Waals surface area contributed by atoms with Crippen molar-refractivity contribution in [2.45, 2.75) is 31.1 Å². The van der Waals surface area contributed by atoms with E-state index in [9.17, 15) is 0 Å². The van der Waals surface area contributed by atoms with E-state index in [-0.39, 0.29) is 5.41 Å². The Hall–Kier alpha value is -6.57. The fraction of sp³-hybridized carbons (Fsp3) is 0.0926. The molecule has 2 aliphatic rings. The minimum atomic E-state index is 0.137. The summed E-state index contributed by atoms with van der Waals surface area (Å²) >= 11 is 0. The van der Waals surface area contributed by atoms with Crippen molar-refractivity contribution < 1.29 is 0 Å². The lowest BCUT2D eigenvalue weighted by Gasteiger charge is -2.27. The van der Waals surface area contributed by atoms with Gasteiger partial charge in [0, 0.05) is 16.5 Å². The number of fused-ring (bicyclic) bond motifs is 7. The van der Waals surface area contributed by atoms with Crippen molar-refractivity contribution in [2.24, 2.45) is 0 Å². The van der Waals surface area contributed by atoms with Crippen molar-refractivity contribution in [3.05, 3.63) is 199 Å². The molecular formula is C54H39N. The van der Waals surface area contributed by atoms with Crippen LogP contribution >= 0.6 is 0 Å². The van der Waals surface area contributed by atoms with Gasteiger partial charge in [-0.15, -0.1) is 0 Å². The van der Waals surface area contributed by atoms with Crippen LogP contribution in [0.15, 0.2) is 188 Å². The maximum absolute atomic E-state index is 5.17. The van der Waals surface area contributed by atoms with Crippen molar-refractivity contribution in [3.8, 4) is 67.0 Å². The van der Waals surface area contributed by atoms with Crippen LogP contribution in [0, 0.1) is 0 Å². The second-order valence-electron chi connectivity index (χ2n) is 15.4. The predicted molar refractivity (Wildman–Crippen MR) is 231 cm³/mol. The van der Waals surface area contributed by atoms with E-state index < -0.39 is 0 Å². The quantitative estimate of drug-likeness (QED) is 0.163. The third-order valence-electron chi connectivity index (χ3n) is 12.4. The van der Waals surface area contributed by atoms with Crippen LogP contribution in [0.1, 0.15) is 36.8 Å². The molecule has 0 amide bonds. The van der Waals surface area contributed by atoms with Gasteiger partial charge in [0.25, 0.3) is 0 Å². The minimum absolute atomic E-state index is 0.137. The largest absolute Gasteiger partial charge is 0.248 e. The normalized spacial score (nSPS) is 14.0. The first-order valence-electron chi connectivity index (χ1n) is 19.7. The van der Waals surface area contributed by atoms with Crippen LogP contribution in [0.2, 0.25) is 0 Å². The number of rotatable bonds is 5. The summed E-state index contributed by atoms with van der Waals surface area (Å²) < 4.78 is 0. The molecule has 1 saturated carbocycles. The summed E-state index contributed by atoms with van der Waals surface area (Å²) in [6.45, 7) is 0.